The molecule has 1 N–H and O–H groups in total. The molecule has 0 heterocycles. The van der Waals surface area contributed by atoms with Crippen LogP contribution in [0.25, 0.3) is 0 Å². The van der Waals surface area contributed by atoms with Gasteiger partial charge in [-0.1, -0.05) is 19.9 Å². The van der Waals surface area contributed by atoms with Crippen molar-refractivity contribution in [2.24, 2.45) is 10.8 Å². The number of carbonyl (C=O) groups is 1. The van der Waals surface area contributed by atoms with Crippen LogP contribution in [0.5, 0.6) is 0 Å². The van der Waals surface area contributed by atoms with Crippen LogP contribution < -0.4 is 0 Å². The highest BCUT2D eigenvalue weighted by Crippen LogP contribution is 2.53. The van der Waals surface area contributed by atoms with Crippen molar-refractivity contribution in [3.05, 3.63) is 12.7 Å². The lowest BCUT2D eigenvalue weighted by Gasteiger charge is -2.42. The second-order valence-electron chi connectivity index (χ2n) is 4.82. The van der Waals surface area contributed by atoms with E-state index in [-0.39, 0.29) is 6.10 Å². The Morgan fingerprint density at radius 1 is 1.67 bits per heavy atom. The van der Waals surface area contributed by atoms with Gasteiger partial charge in [0, 0.05) is 12.5 Å². The monoisotopic (exact) mass is 212 g/mol. The van der Waals surface area contributed by atoms with Gasteiger partial charge in [0.1, 0.15) is 5.41 Å². The lowest BCUT2D eigenvalue weighted by Crippen LogP contribution is -2.49. The van der Waals surface area contributed by atoms with Gasteiger partial charge >= 0.3 is 5.97 Å². The van der Waals surface area contributed by atoms with Crippen LogP contribution in [0.2, 0.25) is 0 Å². The third kappa shape index (κ3) is 1.59. The van der Waals surface area contributed by atoms with Crippen molar-refractivity contribution < 1.29 is 14.6 Å². The Bertz CT molecular complexity index is 270. The molecule has 86 valence electrons. The highest BCUT2D eigenvalue weighted by molar-refractivity contribution is 5.77. The van der Waals surface area contributed by atoms with Gasteiger partial charge in [0.05, 0.1) is 6.10 Å². The fourth-order valence-electron chi connectivity index (χ4n) is 2.73. The minimum atomic E-state index is -0.816. The normalized spacial score (nSPS) is 31.5. The fourth-order valence-corrected chi connectivity index (χ4v) is 2.73. The lowest BCUT2D eigenvalue weighted by molar-refractivity contribution is -0.165. The molecule has 3 nitrogen and oxygen atoms in total. The number of rotatable bonds is 4. The molecule has 0 aliphatic heterocycles. The maximum Gasteiger partial charge on any atom is 0.313 e. The molecule has 0 bridgehead atoms. The quantitative estimate of drug-likeness (QED) is 0.728. The van der Waals surface area contributed by atoms with Crippen LogP contribution in [0, 0.1) is 10.8 Å². The molecule has 1 aliphatic rings. The zero-order valence-corrected chi connectivity index (χ0v) is 9.75. The summed E-state index contributed by atoms with van der Waals surface area (Å²) in [5, 5.41) is 9.50. The Hall–Kier alpha value is -0.830. The van der Waals surface area contributed by atoms with Crippen molar-refractivity contribution >= 4 is 5.97 Å². The molecule has 0 aromatic carbocycles. The number of aliphatic carboxylic acids is 1. The van der Waals surface area contributed by atoms with Crippen molar-refractivity contribution in [2.45, 2.75) is 39.2 Å². The molecule has 0 amide bonds. The molecule has 0 aromatic heterocycles. The minimum Gasteiger partial charge on any atom is -0.481 e. The molecule has 15 heavy (non-hydrogen) atoms. The number of ether oxygens (including phenoxy) is 1. The molecule has 1 saturated carbocycles. The van der Waals surface area contributed by atoms with E-state index in [2.05, 4.69) is 6.58 Å². The van der Waals surface area contributed by atoms with E-state index < -0.39 is 16.8 Å². The highest BCUT2D eigenvalue weighted by Gasteiger charge is 2.57. The van der Waals surface area contributed by atoms with Crippen molar-refractivity contribution in [3.63, 3.8) is 0 Å². The standard InChI is InChI=1S/C12H20O3/c1-5-11(2,3)12(10(13)14)8-6-7-9(12)15-4/h5,9H,1,6-8H2,2-4H3,(H,13,14)/t9-,12+/m0/s1. The van der Waals surface area contributed by atoms with E-state index in [1.54, 1.807) is 13.2 Å². The number of methoxy groups -OCH3 is 1. The Balaban J connectivity index is 3.19. The van der Waals surface area contributed by atoms with E-state index in [0.717, 1.165) is 12.8 Å². The van der Waals surface area contributed by atoms with Gasteiger partial charge in [-0.25, -0.2) is 0 Å². The third-order valence-electron chi connectivity index (χ3n) is 3.91. The molecule has 1 aliphatic carbocycles. The SMILES string of the molecule is C=CC(C)(C)[C@]1(C(=O)O)CCC[C@@H]1OC. The highest BCUT2D eigenvalue weighted by atomic mass is 16.5. The van der Waals surface area contributed by atoms with Crippen LogP contribution >= 0.6 is 0 Å². The van der Waals surface area contributed by atoms with E-state index in [0.29, 0.717) is 6.42 Å². The first-order chi connectivity index (χ1) is 6.92. The first kappa shape index (κ1) is 12.2. The number of hydrogen-bond acceptors (Lipinski definition) is 2. The molecular formula is C12H20O3. The summed E-state index contributed by atoms with van der Waals surface area (Å²) in [6.45, 7) is 7.60. The average molecular weight is 212 g/mol. The summed E-state index contributed by atoms with van der Waals surface area (Å²) >= 11 is 0. The van der Waals surface area contributed by atoms with Gasteiger partial charge in [0.25, 0.3) is 0 Å². The van der Waals surface area contributed by atoms with E-state index in [1.807, 2.05) is 13.8 Å². The summed E-state index contributed by atoms with van der Waals surface area (Å²) in [6, 6.07) is 0. The average Bonchev–Trinajstić information content (AvgIpc) is 2.62. The molecular weight excluding hydrogens is 192 g/mol. The molecule has 3 heteroatoms. The Morgan fingerprint density at radius 3 is 2.67 bits per heavy atom. The Labute approximate surface area is 91.1 Å². The maximum atomic E-state index is 11.6. The molecule has 1 fully saturated rings. The van der Waals surface area contributed by atoms with E-state index in [9.17, 15) is 9.90 Å². The first-order valence-corrected chi connectivity index (χ1v) is 5.32. The molecule has 2 atom stereocenters. The summed E-state index contributed by atoms with van der Waals surface area (Å²) in [5.74, 6) is -0.767. The van der Waals surface area contributed by atoms with E-state index in [4.69, 9.17) is 4.74 Å². The Kier molecular flexibility index (Phi) is 3.24. The van der Waals surface area contributed by atoms with Crippen LogP contribution in [0.4, 0.5) is 0 Å². The largest absolute Gasteiger partial charge is 0.481 e. The topological polar surface area (TPSA) is 46.5 Å². The molecule has 0 radical (unpaired) electrons. The number of carboxylic acid groups (broad SMARTS) is 1. The zero-order valence-electron chi connectivity index (χ0n) is 9.75. The summed E-state index contributed by atoms with van der Waals surface area (Å²) in [4.78, 5) is 11.6. The van der Waals surface area contributed by atoms with Gasteiger partial charge < -0.3 is 9.84 Å². The Morgan fingerprint density at radius 2 is 2.27 bits per heavy atom. The number of hydrogen-bond donors (Lipinski definition) is 1. The van der Waals surface area contributed by atoms with Crippen molar-refractivity contribution in [1.29, 1.82) is 0 Å². The molecule has 0 spiro atoms. The van der Waals surface area contributed by atoms with Gasteiger partial charge in [-0.2, -0.15) is 0 Å². The van der Waals surface area contributed by atoms with Crippen LogP contribution in [-0.4, -0.2) is 24.3 Å². The lowest BCUT2D eigenvalue weighted by atomic mass is 9.63. The van der Waals surface area contributed by atoms with Crippen LogP contribution in [0.15, 0.2) is 12.7 Å². The fraction of sp³-hybridized carbons (Fsp3) is 0.750. The predicted molar refractivity (Wildman–Crippen MR) is 58.7 cm³/mol. The maximum absolute atomic E-state index is 11.6. The number of allylic oxidation sites excluding steroid dienone is 1. The van der Waals surface area contributed by atoms with E-state index in [1.165, 1.54) is 0 Å². The summed E-state index contributed by atoms with van der Waals surface area (Å²) in [7, 11) is 1.59. The molecule has 0 unspecified atom stereocenters. The van der Waals surface area contributed by atoms with Gasteiger partial charge in [-0.05, 0) is 19.3 Å². The summed E-state index contributed by atoms with van der Waals surface area (Å²) in [6.07, 6.45) is 3.92. The zero-order chi connectivity index (χ0) is 11.7. The van der Waals surface area contributed by atoms with Crippen LogP contribution in [0.3, 0.4) is 0 Å². The van der Waals surface area contributed by atoms with Gasteiger partial charge in [-0.15, -0.1) is 6.58 Å². The summed E-state index contributed by atoms with van der Waals surface area (Å²) in [5.41, 5.74) is -1.26. The van der Waals surface area contributed by atoms with Crippen LogP contribution in [-0.2, 0) is 9.53 Å². The molecule has 1 rings (SSSR count). The van der Waals surface area contributed by atoms with E-state index >= 15 is 0 Å². The van der Waals surface area contributed by atoms with Gasteiger partial charge in [-0.3, -0.25) is 4.79 Å². The van der Waals surface area contributed by atoms with Gasteiger partial charge in [0.15, 0.2) is 0 Å². The van der Waals surface area contributed by atoms with Gasteiger partial charge in [0.2, 0.25) is 0 Å². The minimum absolute atomic E-state index is 0.206. The molecule has 0 aromatic rings. The number of carboxylic acids is 1. The summed E-state index contributed by atoms with van der Waals surface area (Å²) < 4.78 is 5.35. The predicted octanol–water partition coefficient (Wildman–Crippen LogP) is 2.47. The van der Waals surface area contributed by atoms with Crippen molar-refractivity contribution in [1.82, 2.24) is 0 Å². The second-order valence-corrected chi connectivity index (χ2v) is 4.82. The second kappa shape index (κ2) is 3.97. The first-order valence-electron chi connectivity index (χ1n) is 5.32. The smallest absolute Gasteiger partial charge is 0.313 e. The third-order valence-corrected chi connectivity index (χ3v) is 3.91. The molecule has 0 saturated heterocycles. The van der Waals surface area contributed by atoms with Crippen molar-refractivity contribution in [3.8, 4) is 0 Å². The van der Waals surface area contributed by atoms with Crippen molar-refractivity contribution in [2.75, 3.05) is 7.11 Å². The van der Waals surface area contributed by atoms with Crippen LogP contribution in [0.1, 0.15) is 33.1 Å².